The molecule has 0 aromatic carbocycles. The first-order chi connectivity index (χ1) is 10.3. The zero-order valence-electron chi connectivity index (χ0n) is 12.3. The number of carbonyl (C=O) groups is 2. The molecule has 3 amide bonds. The van der Waals surface area contributed by atoms with E-state index in [-0.39, 0.29) is 30.6 Å². The van der Waals surface area contributed by atoms with Crippen LogP contribution in [0.1, 0.15) is 19.3 Å². The molecule has 0 aromatic rings. The number of hydrogen-bond acceptors (Lipinski definition) is 4. The van der Waals surface area contributed by atoms with Crippen LogP contribution in [0.15, 0.2) is 0 Å². The van der Waals surface area contributed by atoms with E-state index < -0.39 is 0 Å². The van der Waals surface area contributed by atoms with Gasteiger partial charge in [-0.15, -0.1) is 0 Å². The summed E-state index contributed by atoms with van der Waals surface area (Å²) < 4.78 is 11.0. The molecule has 0 spiro atoms. The van der Waals surface area contributed by atoms with Crippen LogP contribution in [0.2, 0.25) is 0 Å². The van der Waals surface area contributed by atoms with Crippen molar-refractivity contribution in [1.29, 1.82) is 0 Å². The molecule has 1 N–H and O–H groups in total. The van der Waals surface area contributed by atoms with Crippen molar-refractivity contribution in [3.05, 3.63) is 0 Å². The van der Waals surface area contributed by atoms with Gasteiger partial charge in [-0.2, -0.15) is 0 Å². The highest BCUT2D eigenvalue weighted by atomic mass is 16.5. The number of amides is 3. The lowest BCUT2D eigenvalue weighted by Crippen LogP contribution is -2.59. The number of morpholine rings is 1. The molecule has 3 aliphatic rings. The summed E-state index contributed by atoms with van der Waals surface area (Å²) in [6, 6.07) is -0.0404. The lowest BCUT2D eigenvalue weighted by molar-refractivity contribution is -0.160. The minimum atomic E-state index is -0.127. The molecule has 0 unspecified atom stereocenters. The molecule has 3 rings (SSSR count). The van der Waals surface area contributed by atoms with Crippen molar-refractivity contribution in [2.45, 2.75) is 31.4 Å². The molecular formula is C14H23N3O4. The van der Waals surface area contributed by atoms with Gasteiger partial charge in [-0.3, -0.25) is 4.79 Å². The maximum atomic E-state index is 12.4. The van der Waals surface area contributed by atoms with Crippen LogP contribution >= 0.6 is 0 Å². The van der Waals surface area contributed by atoms with E-state index >= 15 is 0 Å². The fourth-order valence-corrected chi connectivity index (χ4v) is 3.28. The first kappa shape index (κ1) is 14.6. The second-order valence-corrected chi connectivity index (χ2v) is 5.78. The highest BCUT2D eigenvalue weighted by molar-refractivity contribution is 5.84. The number of likely N-dealkylation sites (tertiary alicyclic amines) is 1. The van der Waals surface area contributed by atoms with Crippen molar-refractivity contribution in [2.24, 2.45) is 0 Å². The highest BCUT2D eigenvalue weighted by Gasteiger charge is 2.37. The van der Waals surface area contributed by atoms with Gasteiger partial charge in [0.05, 0.1) is 25.8 Å². The van der Waals surface area contributed by atoms with Crippen LogP contribution in [0.3, 0.4) is 0 Å². The van der Waals surface area contributed by atoms with Gasteiger partial charge in [0.1, 0.15) is 6.10 Å². The Kier molecular flexibility index (Phi) is 4.60. The highest BCUT2D eigenvalue weighted by Crippen LogP contribution is 2.21. The summed E-state index contributed by atoms with van der Waals surface area (Å²) in [5, 5.41) is 2.74. The number of ether oxygens (including phenoxy) is 2. The molecule has 7 nitrogen and oxygen atoms in total. The topological polar surface area (TPSA) is 71.1 Å². The van der Waals surface area contributed by atoms with Gasteiger partial charge in [0, 0.05) is 26.2 Å². The van der Waals surface area contributed by atoms with Crippen molar-refractivity contribution in [3.8, 4) is 0 Å². The van der Waals surface area contributed by atoms with Gasteiger partial charge in [-0.05, 0) is 19.3 Å². The van der Waals surface area contributed by atoms with Crippen LogP contribution in [0.4, 0.5) is 4.79 Å². The standard InChI is InChI=1S/C14H23N3O4/c18-13(9-15-14(19)16-4-1-2-5-16)17-6-8-21-12-10-20-7-3-11(12)17/h11-12H,1-10H2,(H,15,19)/t11-,12+/m0/s1. The minimum Gasteiger partial charge on any atom is -0.379 e. The Labute approximate surface area is 124 Å². The van der Waals surface area contributed by atoms with Crippen LogP contribution in [-0.4, -0.2) is 79.9 Å². The number of fused-ring (bicyclic) bond motifs is 1. The minimum absolute atomic E-state index is 0.0225. The number of carbonyl (C=O) groups excluding carboxylic acids is 2. The third kappa shape index (κ3) is 3.29. The predicted octanol–water partition coefficient (Wildman–Crippen LogP) is -0.192. The SMILES string of the molecule is O=C(NCC(=O)N1CCO[C@@H]2COCC[C@@H]21)N1CCCC1. The first-order valence-electron chi connectivity index (χ1n) is 7.77. The molecule has 3 aliphatic heterocycles. The quantitative estimate of drug-likeness (QED) is 0.767. The van der Waals surface area contributed by atoms with E-state index in [1.54, 1.807) is 4.90 Å². The summed E-state index contributed by atoms with van der Waals surface area (Å²) in [5.74, 6) is -0.0252. The lowest BCUT2D eigenvalue weighted by Gasteiger charge is -2.43. The monoisotopic (exact) mass is 297 g/mol. The van der Waals surface area contributed by atoms with Crippen molar-refractivity contribution in [1.82, 2.24) is 15.1 Å². The van der Waals surface area contributed by atoms with Gasteiger partial charge in [-0.1, -0.05) is 0 Å². The molecule has 3 saturated heterocycles. The molecule has 3 fully saturated rings. The Morgan fingerprint density at radius 3 is 2.76 bits per heavy atom. The average molecular weight is 297 g/mol. The van der Waals surface area contributed by atoms with E-state index in [1.165, 1.54) is 0 Å². The van der Waals surface area contributed by atoms with Gasteiger partial charge in [0.25, 0.3) is 0 Å². The Balaban J connectivity index is 1.50. The second kappa shape index (κ2) is 6.62. The largest absolute Gasteiger partial charge is 0.379 e. The van der Waals surface area contributed by atoms with E-state index in [9.17, 15) is 9.59 Å². The van der Waals surface area contributed by atoms with Gasteiger partial charge in [-0.25, -0.2) is 4.79 Å². The zero-order chi connectivity index (χ0) is 14.7. The molecule has 21 heavy (non-hydrogen) atoms. The summed E-state index contributed by atoms with van der Waals surface area (Å²) in [5.41, 5.74) is 0. The molecule has 118 valence electrons. The molecule has 3 heterocycles. The predicted molar refractivity (Wildman–Crippen MR) is 74.9 cm³/mol. The van der Waals surface area contributed by atoms with E-state index in [0.29, 0.717) is 26.4 Å². The fourth-order valence-electron chi connectivity index (χ4n) is 3.28. The first-order valence-corrected chi connectivity index (χ1v) is 7.77. The van der Waals surface area contributed by atoms with Crippen LogP contribution in [0, 0.1) is 0 Å². The number of nitrogens with one attached hydrogen (secondary N) is 1. The number of rotatable bonds is 2. The van der Waals surface area contributed by atoms with Crippen molar-refractivity contribution >= 4 is 11.9 Å². The molecule has 0 saturated carbocycles. The maximum Gasteiger partial charge on any atom is 0.317 e. The van der Waals surface area contributed by atoms with Crippen molar-refractivity contribution in [2.75, 3.05) is 46.0 Å². The van der Waals surface area contributed by atoms with Crippen LogP contribution < -0.4 is 5.32 Å². The van der Waals surface area contributed by atoms with Gasteiger partial charge >= 0.3 is 6.03 Å². The van der Waals surface area contributed by atoms with E-state index in [4.69, 9.17) is 9.47 Å². The normalized spacial score (nSPS) is 29.1. The average Bonchev–Trinajstić information content (AvgIpc) is 3.06. The molecular weight excluding hydrogens is 274 g/mol. The number of urea groups is 1. The zero-order valence-corrected chi connectivity index (χ0v) is 12.3. The van der Waals surface area contributed by atoms with Crippen LogP contribution in [-0.2, 0) is 14.3 Å². The van der Waals surface area contributed by atoms with E-state index in [2.05, 4.69) is 5.32 Å². The van der Waals surface area contributed by atoms with Crippen LogP contribution in [0.5, 0.6) is 0 Å². The Morgan fingerprint density at radius 1 is 1.14 bits per heavy atom. The van der Waals surface area contributed by atoms with Crippen LogP contribution in [0.25, 0.3) is 0 Å². The Bertz CT molecular complexity index is 396. The summed E-state index contributed by atoms with van der Waals surface area (Å²) >= 11 is 0. The van der Waals surface area contributed by atoms with Crippen molar-refractivity contribution in [3.63, 3.8) is 0 Å². The van der Waals surface area contributed by atoms with E-state index in [0.717, 1.165) is 32.4 Å². The summed E-state index contributed by atoms with van der Waals surface area (Å²) in [6.07, 6.45) is 2.88. The van der Waals surface area contributed by atoms with Crippen molar-refractivity contribution < 1.29 is 19.1 Å². The molecule has 2 atom stereocenters. The summed E-state index contributed by atoms with van der Waals surface area (Å²) in [6.45, 7) is 4.00. The third-order valence-corrected chi connectivity index (χ3v) is 4.44. The maximum absolute atomic E-state index is 12.4. The van der Waals surface area contributed by atoms with Gasteiger partial charge in [0.2, 0.25) is 5.91 Å². The van der Waals surface area contributed by atoms with E-state index in [1.807, 2.05) is 4.90 Å². The molecule has 0 aliphatic carbocycles. The number of hydrogen-bond donors (Lipinski definition) is 1. The molecule has 7 heteroatoms. The number of nitrogens with zero attached hydrogens (tertiary/aromatic N) is 2. The van der Waals surface area contributed by atoms with Gasteiger partial charge in [0.15, 0.2) is 0 Å². The lowest BCUT2D eigenvalue weighted by atomic mass is 10.0. The summed E-state index contributed by atoms with van der Waals surface area (Å²) in [7, 11) is 0. The van der Waals surface area contributed by atoms with Gasteiger partial charge < -0.3 is 24.6 Å². The molecule has 0 aromatic heterocycles. The molecule has 0 radical (unpaired) electrons. The Hall–Kier alpha value is -1.34. The smallest absolute Gasteiger partial charge is 0.317 e. The third-order valence-electron chi connectivity index (χ3n) is 4.44. The fraction of sp³-hybridized carbons (Fsp3) is 0.857. The molecule has 0 bridgehead atoms. The second-order valence-electron chi connectivity index (χ2n) is 5.78. The summed E-state index contributed by atoms with van der Waals surface area (Å²) in [4.78, 5) is 27.9. The Morgan fingerprint density at radius 2 is 1.95 bits per heavy atom.